The fourth-order valence-corrected chi connectivity index (χ4v) is 3.28. The molecule has 0 aliphatic rings. The number of benzene rings is 1. The van der Waals surface area contributed by atoms with Crippen molar-refractivity contribution in [1.29, 1.82) is 0 Å². The van der Waals surface area contributed by atoms with E-state index >= 15 is 0 Å². The lowest BCUT2D eigenvalue weighted by atomic mass is 10.1. The summed E-state index contributed by atoms with van der Waals surface area (Å²) in [5.41, 5.74) is 8.08. The highest BCUT2D eigenvalue weighted by Gasteiger charge is 2.07. The van der Waals surface area contributed by atoms with Gasteiger partial charge in [-0.3, -0.25) is 0 Å². The van der Waals surface area contributed by atoms with Crippen LogP contribution in [0.1, 0.15) is 25.8 Å². The van der Waals surface area contributed by atoms with Gasteiger partial charge in [0.1, 0.15) is 0 Å². The van der Waals surface area contributed by atoms with E-state index in [1.54, 1.807) is 0 Å². The zero-order valence-corrected chi connectivity index (χ0v) is 12.5. The van der Waals surface area contributed by atoms with Crippen molar-refractivity contribution in [1.82, 2.24) is 4.98 Å². The minimum atomic E-state index is 0.678. The molecule has 2 nitrogen and oxygen atoms in total. The Morgan fingerprint density at radius 1 is 1.26 bits per heavy atom. The third-order valence-corrected chi connectivity index (χ3v) is 4.18. The van der Waals surface area contributed by atoms with Crippen LogP contribution in [0.3, 0.4) is 0 Å². The van der Waals surface area contributed by atoms with Gasteiger partial charge in [0.05, 0.1) is 10.5 Å². The van der Waals surface area contributed by atoms with Crippen LogP contribution in [0, 0.1) is 5.92 Å². The number of nitrogens with two attached hydrogens (primary N) is 1. The molecule has 0 saturated heterocycles. The number of hydrogen-bond donors (Lipinski definition) is 1. The lowest BCUT2D eigenvalue weighted by Crippen LogP contribution is -2.05. The molecular weight excluding hydrogens is 252 g/mol. The summed E-state index contributed by atoms with van der Waals surface area (Å²) in [6.45, 7) is 5.20. The van der Waals surface area contributed by atoms with Crippen LogP contribution in [0.5, 0.6) is 0 Å². The van der Waals surface area contributed by atoms with Crippen molar-refractivity contribution in [3.05, 3.63) is 35.9 Å². The predicted octanol–water partition coefficient (Wildman–Crippen LogP) is 3.87. The van der Waals surface area contributed by atoms with Crippen LogP contribution < -0.4 is 5.73 Å². The predicted molar refractivity (Wildman–Crippen MR) is 84.7 cm³/mol. The fourth-order valence-electron chi connectivity index (χ4n) is 1.99. The summed E-state index contributed by atoms with van der Waals surface area (Å²) in [6, 6.07) is 10.5. The zero-order valence-electron chi connectivity index (χ0n) is 11.7. The molecule has 0 radical (unpaired) electrons. The number of rotatable bonds is 6. The van der Waals surface area contributed by atoms with E-state index in [0.717, 1.165) is 28.6 Å². The zero-order chi connectivity index (χ0) is 13.7. The van der Waals surface area contributed by atoms with Gasteiger partial charge in [-0.25, -0.2) is 4.98 Å². The van der Waals surface area contributed by atoms with Crippen molar-refractivity contribution in [3.8, 4) is 0 Å². The molecule has 19 heavy (non-hydrogen) atoms. The van der Waals surface area contributed by atoms with Gasteiger partial charge in [-0.2, -0.15) is 0 Å². The number of hydrogen-bond acceptors (Lipinski definition) is 3. The molecule has 0 fully saturated rings. The molecule has 1 heterocycles. The monoisotopic (exact) mass is 274 g/mol. The molecule has 0 aliphatic carbocycles. The molecule has 3 heteroatoms. The molecule has 2 aromatic rings. The summed E-state index contributed by atoms with van der Waals surface area (Å²) in [7, 11) is 0. The Kier molecular flexibility index (Phi) is 5.23. The van der Waals surface area contributed by atoms with E-state index in [2.05, 4.69) is 38.1 Å². The highest BCUT2D eigenvalue weighted by molar-refractivity contribution is 7.99. The van der Waals surface area contributed by atoms with Gasteiger partial charge >= 0.3 is 0 Å². The van der Waals surface area contributed by atoms with Crippen LogP contribution in [0.2, 0.25) is 0 Å². The van der Waals surface area contributed by atoms with Crippen LogP contribution in [0.15, 0.2) is 35.4 Å². The fraction of sp³-hybridized carbons (Fsp3) is 0.438. The Labute approximate surface area is 119 Å². The lowest BCUT2D eigenvalue weighted by molar-refractivity contribution is 0.632. The van der Waals surface area contributed by atoms with E-state index in [9.17, 15) is 0 Å². The molecule has 0 amide bonds. The summed E-state index contributed by atoms with van der Waals surface area (Å²) in [4.78, 5) is 4.80. The number of fused-ring (bicyclic) bond motifs is 1. The van der Waals surface area contributed by atoms with E-state index in [4.69, 9.17) is 10.7 Å². The van der Waals surface area contributed by atoms with Gasteiger partial charge in [0.25, 0.3) is 0 Å². The molecule has 0 aliphatic heterocycles. The number of nitrogens with zero attached hydrogens (tertiary/aromatic N) is 1. The summed E-state index contributed by atoms with van der Waals surface area (Å²) in [5.74, 6) is 1.87. The van der Waals surface area contributed by atoms with Crippen molar-refractivity contribution in [3.63, 3.8) is 0 Å². The number of pyridine rings is 1. The molecule has 0 bridgehead atoms. The first kappa shape index (κ1) is 14.4. The highest BCUT2D eigenvalue weighted by atomic mass is 32.2. The second kappa shape index (κ2) is 6.92. The van der Waals surface area contributed by atoms with Crippen molar-refractivity contribution in [2.45, 2.75) is 31.7 Å². The maximum atomic E-state index is 5.71. The second-order valence-electron chi connectivity index (χ2n) is 5.22. The van der Waals surface area contributed by atoms with Gasteiger partial charge in [0.15, 0.2) is 0 Å². The molecule has 1 aromatic carbocycles. The van der Waals surface area contributed by atoms with Crippen molar-refractivity contribution < 1.29 is 0 Å². The quantitative estimate of drug-likeness (QED) is 0.813. The van der Waals surface area contributed by atoms with Gasteiger partial charge in [0, 0.05) is 5.39 Å². The molecule has 0 atom stereocenters. The normalized spacial score (nSPS) is 11.4. The van der Waals surface area contributed by atoms with Gasteiger partial charge in [0.2, 0.25) is 0 Å². The molecular formula is C16H22N2S. The Balaban J connectivity index is 2.25. The van der Waals surface area contributed by atoms with Gasteiger partial charge in [-0.1, -0.05) is 32.0 Å². The molecule has 0 saturated carbocycles. The van der Waals surface area contributed by atoms with E-state index in [-0.39, 0.29) is 0 Å². The average Bonchev–Trinajstić information content (AvgIpc) is 2.39. The lowest BCUT2D eigenvalue weighted by Gasteiger charge is -2.10. The molecule has 0 unspecified atom stereocenters. The topological polar surface area (TPSA) is 38.9 Å². The first-order chi connectivity index (χ1) is 9.20. The maximum absolute atomic E-state index is 5.71. The Morgan fingerprint density at radius 2 is 2.05 bits per heavy atom. The summed E-state index contributed by atoms with van der Waals surface area (Å²) in [6.07, 6.45) is 2.13. The molecule has 0 spiro atoms. The number of thioether (sulfide) groups is 1. The smallest absolute Gasteiger partial charge is 0.1000 e. The van der Waals surface area contributed by atoms with Crippen molar-refractivity contribution in [2.24, 2.45) is 11.7 Å². The van der Waals surface area contributed by atoms with Crippen LogP contribution in [0.4, 0.5) is 0 Å². The number of para-hydroxylation sites is 1. The minimum Gasteiger partial charge on any atom is -0.330 e. The van der Waals surface area contributed by atoms with Crippen LogP contribution in [-0.4, -0.2) is 17.3 Å². The summed E-state index contributed by atoms with van der Waals surface area (Å²) < 4.78 is 0. The van der Waals surface area contributed by atoms with E-state index < -0.39 is 0 Å². The standard InChI is InChI=1S/C16H22N2S/c1-12(2)8-10-19-16-14(7-9-17)11-13-5-3-4-6-15(13)18-16/h3-6,11-12H,7-10,17H2,1-2H3. The third kappa shape index (κ3) is 3.95. The third-order valence-electron chi connectivity index (χ3n) is 3.11. The summed E-state index contributed by atoms with van der Waals surface area (Å²) >= 11 is 1.86. The average molecular weight is 274 g/mol. The Morgan fingerprint density at radius 3 is 2.79 bits per heavy atom. The molecule has 1 aromatic heterocycles. The van der Waals surface area contributed by atoms with Crippen LogP contribution >= 0.6 is 11.8 Å². The largest absolute Gasteiger partial charge is 0.330 e. The Hall–Kier alpha value is -1.06. The van der Waals surface area contributed by atoms with E-state index in [1.807, 2.05) is 17.8 Å². The maximum Gasteiger partial charge on any atom is 0.1000 e. The number of aromatic nitrogens is 1. The summed E-state index contributed by atoms with van der Waals surface area (Å²) in [5, 5.41) is 2.36. The van der Waals surface area contributed by atoms with Gasteiger partial charge < -0.3 is 5.73 Å². The first-order valence-corrected chi connectivity index (χ1v) is 7.91. The van der Waals surface area contributed by atoms with Crippen LogP contribution in [-0.2, 0) is 6.42 Å². The van der Waals surface area contributed by atoms with Gasteiger partial charge in [-0.15, -0.1) is 11.8 Å². The second-order valence-corrected chi connectivity index (χ2v) is 6.30. The Bertz CT molecular complexity index is 537. The van der Waals surface area contributed by atoms with Crippen molar-refractivity contribution >= 4 is 22.7 Å². The highest BCUT2D eigenvalue weighted by Crippen LogP contribution is 2.26. The minimum absolute atomic E-state index is 0.678. The van der Waals surface area contributed by atoms with E-state index in [0.29, 0.717) is 6.54 Å². The molecule has 102 valence electrons. The molecule has 2 N–H and O–H groups in total. The van der Waals surface area contributed by atoms with Gasteiger partial charge in [-0.05, 0) is 48.8 Å². The van der Waals surface area contributed by atoms with Crippen LogP contribution in [0.25, 0.3) is 10.9 Å². The van der Waals surface area contributed by atoms with Crippen molar-refractivity contribution in [2.75, 3.05) is 12.3 Å². The van der Waals surface area contributed by atoms with E-state index in [1.165, 1.54) is 17.4 Å². The molecule has 2 rings (SSSR count). The first-order valence-electron chi connectivity index (χ1n) is 6.92. The SMILES string of the molecule is CC(C)CCSc1nc2ccccc2cc1CCN.